The van der Waals surface area contributed by atoms with E-state index in [2.05, 4.69) is 76.3 Å². The maximum absolute atomic E-state index is 13.6. The van der Waals surface area contributed by atoms with Gasteiger partial charge in [0, 0.05) is 18.7 Å². The minimum Gasteiger partial charge on any atom is -0.453 e. The zero-order valence-corrected chi connectivity index (χ0v) is 32.0. The normalized spacial score (nSPS) is 20.6. The number of fused-ring (bicyclic) bond motifs is 1. The number of carbonyl (C=O) groups excluding carboxylic acids is 3. The first-order valence-electron chi connectivity index (χ1n) is 19.0. The van der Waals surface area contributed by atoms with Crippen LogP contribution >= 0.6 is 0 Å². The molecule has 4 heterocycles. The maximum Gasteiger partial charge on any atom is 0.410 e. The number of ether oxygens (including phenoxy) is 2. The van der Waals surface area contributed by atoms with Crippen molar-refractivity contribution >= 4 is 34.7 Å². The lowest BCUT2D eigenvalue weighted by Gasteiger charge is -2.30. The summed E-state index contributed by atoms with van der Waals surface area (Å²) in [5.41, 5.74) is 4.79. The Morgan fingerprint density at radius 1 is 0.870 bits per heavy atom. The SMILES string of the molecule is COC(=O)N[C@H](C(=O)N1CCC[C@H]1c1ncc(-c2ccc3cc(-c4ccc(C5CN=C(C6CCCN6C(=O)OC(C)(C)C)N5)cc4)ccc3c2)[nH]1)C(C)C. The minimum absolute atomic E-state index is 0.0610. The van der Waals surface area contributed by atoms with Gasteiger partial charge in [-0.1, -0.05) is 62.4 Å². The average Bonchev–Trinajstić information content (AvgIpc) is 3.98. The number of aliphatic imine (C=N–C) groups is 1. The van der Waals surface area contributed by atoms with Crippen LogP contribution in [0.15, 0.2) is 71.9 Å². The molecule has 0 bridgehead atoms. The average molecular weight is 734 g/mol. The van der Waals surface area contributed by atoms with E-state index < -0.39 is 17.7 Å². The van der Waals surface area contributed by atoms with Gasteiger partial charge in [-0.3, -0.25) is 14.7 Å². The largest absolute Gasteiger partial charge is 0.453 e. The molecule has 7 rings (SSSR count). The van der Waals surface area contributed by atoms with E-state index in [4.69, 9.17) is 19.5 Å². The summed E-state index contributed by atoms with van der Waals surface area (Å²) in [5.74, 6) is 1.39. The summed E-state index contributed by atoms with van der Waals surface area (Å²) >= 11 is 0. The number of hydrogen-bond acceptors (Lipinski definition) is 8. The molecule has 3 N–H and O–H groups in total. The first kappa shape index (κ1) is 36.9. The fourth-order valence-electron chi connectivity index (χ4n) is 7.79. The van der Waals surface area contributed by atoms with Crippen molar-refractivity contribution < 1.29 is 23.9 Å². The van der Waals surface area contributed by atoms with Gasteiger partial charge in [-0.25, -0.2) is 14.6 Å². The molecule has 0 aliphatic carbocycles. The van der Waals surface area contributed by atoms with E-state index >= 15 is 0 Å². The fraction of sp³-hybridized carbons (Fsp3) is 0.452. The molecule has 3 aliphatic heterocycles. The van der Waals surface area contributed by atoms with E-state index in [-0.39, 0.29) is 36.0 Å². The number of imidazole rings is 1. The zero-order chi connectivity index (χ0) is 38.1. The Labute approximate surface area is 316 Å². The highest BCUT2D eigenvalue weighted by molar-refractivity contribution is 5.93. The Morgan fingerprint density at radius 2 is 1.52 bits per heavy atom. The molecule has 4 atom stereocenters. The summed E-state index contributed by atoms with van der Waals surface area (Å²) in [6.45, 7) is 11.4. The van der Waals surface area contributed by atoms with E-state index in [1.165, 1.54) is 7.11 Å². The van der Waals surface area contributed by atoms with Crippen LogP contribution in [-0.2, 0) is 14.3 Å². The Kier molecular flexibility index (Phi) is 10.4. The van der Waals surface area contributed by atoms with Crippen LogP contribution in [0.2, 0.25) is 0 Å². The highest BCUT2D eigenvalue weighted by Gasteiger charge is 2.39. The number of amides is 3. The molecular formula is C42H51N7O5. The van der Waals surface area contributed by atoms with Crippen molar-refractivity contribution in [2.75, 3.05) is 26.7 Å². The van der Waals surface area contributed by atoms with Crippen molar-refractivity contribution in [3.63, 3.8) is 0 Å². The zero-order valence-electron chi connectivity index (χ0n) is 32.0. The number of aromatic amines is 1. The topological polar surface area (TPSA) is 141 Å². The van der Waals surface area contributed by atoms with Gasteiger partial charge in [0.25, 0.3) is 0 Å². The van der Waals surface area contributed by atoms with Crippen LogP contribution in [0.3, 0.4) is 0 Å². The summed E-state index contributed by atoms with van der Waals surface area (Å²) in [7, 11) is 1.30. The van der Waals surface area contributed by atoms with Crippen molar-refractivity contribution in [2.24, 2.45) is 10.9 Å². The van der Waals surface area contributed by atoms with E-state index in [1.807, 2.05) is 50.6 Å². The summed E-state index contributed by atoms with van der Waals surface area (Å²) < 4.78 is 10.4. The van der Waals surface area contributed by atoms with Gasteiger partial charge in [-0.05, 0) is 92.0 Å². The van der Waals surface area contributed by atoms with Crippen molar-refractivity contribution in [1.29, 1.82) is 0 Å². The third-order valence-corrected chi connectivity index (χ3v) is 10.6. The lowest BCUT2D eigenvalue weighted by molar-refractivity contribution is -0.135. The van der Waals surface area contributed by atoms with Gasteiger partial charge in [0.1, 0.15) is 23.3 Å². The molecule has 284 valence electrons. The molecule has 4 aromatic rings. The molecule has 0 spiro atoms. The number of carbonyl (C=O) groups is 3. The highest BCUT2D eigenvalue weighted by atomic mass is 16.6. The van der Waals surface area contributed by atoms with E-state index in [0.29, 0.717) is 19.6 Å². The number of nitrogens with zero attached hydrogens (tertiary/aromatic N) is 4. The Morgan fingerprint density at radius 3 is 2.20 bits per heavy atom. The highest BCUT2D eigenvalue weighted by Crippen LogP contribution is 2.34. The molecular weight excluding hydrogens is 683 g/mol. The van der Waals surface area contributed by atoms with Crippen LogP contribution in [0.5, 0.6) is 0 Å². The first-order chi connectivity index (χ1) is 25.9. The van der Waals surface area contributed by atoms with Crippen LogP contribution in [0, 0.1) is 5.92 Å². The van der Waals surface area contributed by atoms with Crippen LogP contribution in [0.4, 0.5) is 9.59 Å². The Balaban J connectivity index is 1.00. The molecule has 3 amide bonds. The molecule has 12 nitrogen and oxygen atoms in total. The number of hydrogen-bond donors (Lipinski definition) is 3. The summed E-state index contributed by atoms with van der Waals surface area (Å²) in [6.07, 6.45) is 4.40. The van der Waals surface area contributed by atoms with Crippen molar-refractivity contribution in [2.45, 2.75) is 90.1 Å². The van der Waals surface area contributed by atoms with Gasteiger partial charge >= 0.3 is 12.2 Å². The van der Waals surface area contributed by atoms with E-state index in [1.54, 1.807) is 0 Å². The lowest BCUT2D eigenvalue weighted by Crippen LogP contribution is -2.51. The fourth-order valence-corrected chi connectivity index (χ4v) is 7.79. The standard InChI is InChI=1S/C42H51N7O5/c1-25(2)36(47-40(51)53-6)39(50)48-19-7-9-34(48)37-44-24-33(46-37)31-18-17-29-21-28(15-16-30(29)22-31)26-11-13-27(14-12-26)32-23-43-38(45-32)35-10-8-20-49(35)41(52)54-42(3,4)5/h11-18,21-22,24-25,32,34-36H,7-10,19-20,23H2,1-6H3,(H,43,45)(H,44,46)(H,47,51)/t32?,34-,35?,36-/m0/s1. The molecule has 12 heteroatoms. The van der Waals surface area contributed by atoms with Crippen molar-refractivity contribution in [3.8, 4) is 22.4 Å². The number of aromatic nitrogens is 2. The molecule has 54 heavy (non-hydrogen) atoms. The second-order valence-corrected chi connectivity index (χ2v) is 15.9. The van der Waals surface area contributed by atoms with Gasteiger partial charge in [0.15, 0.2) is 0 Å². The van der Waals surface area contributed by atoms with E-state index in [0.717, 1.165) is 76.1 Å². The molecule has 3 aromatic carbocycles. The molecule has 2 fully saturated rings. The number of nitrogens with one attached hydrogen (secondary N) is 3. The number of alkyl carbamates (subject to hydrolysis) is 1. The number of H-pyrrole nitrogens is 1. The van der Waals surface area contributed by atoms with E-state index in [9.17, 15) is 14.4 Å². The third-order valence-electron chi connectivity index (χ3n) is 10.6. The minimum atomic E-state index is -0.676. The molecule has 1 aromatic heterocycles. The predicted molar refractivity (Wildman–Crippen MR) is 209 cm³/mol. The number of benzene rings is 3. The predicted octanol–water partition coefficient (Wildman–Crippen LogP) is 7.38. The first-order valence-corrected chi connectivity index (χ1v) is 19.0. The molecule has 0 radical (unpaired) electrons. The van der Waals surface area contributed by atoms with Crippen LogP contribution < -0.4 is 10.6 Å². The van der Waals surface area contributed by atoms with Gasteiger partial charge in [0.2, 0.25) is 5.91 Å². The maximum atomic E-state index is 13.6. The monoisotopic (exact) mass is 733 g/mol. The number of amidine groups is 1. The van der Waals surface area contributed by atoms with Gasteiger partial charge in [-0.15, -0.1) is 0 Å². The number of rotatable bonds is 8. The van der Waals surface area contributed by atoms with Gasteiger partial charge < -0.3 is 30.0 Å². The quantitative estimate of drug-likeness (QED) is 0.172. The second-order valence-electron chi connectivity index (χ2n) is 15.9. The van der Waals surface area contributed by atoms with Crippen LogP contribution in [0.1, 0.15) is 83.8 Å². The lowest BCUT2D eigenvalue weighted by atomic mass is 9.97. The number of methoxy groups -OCH3 is 1. The third kappa shape index (κ3) is 7.78. The van der Waals surface area contributed by atoms with Gasteiger partial charge in [0.05, 0.1) is 43.7 Å². The summed E-state index contributed by atoms with van der Waals surface area (Å²) in [4.78, 5) is 55.0. The Hall–Kier alpha value is -5.39. The number of likely N-dealkylation sites (tertiary alicyclic amines) is 2. The molecule has 3 aliphatic rings. The Bertz CT molecular complexity index is 2050. The van der Waals surface area contributed by atoms with Crippen LogP contribution in [0.25, 0.3) is 33.2 Å². The smallest absolute Gasteiger partial charge is 0.410 e. The van der Waals surface area contributed by atoms with Crippen molar-refractivity contribution in [3.05, 3.63) is 78.2 Å². The molecule has 0 saturated carbocycles. The summed E-state index contributed by atoms with van der Waals surface area (Å²) in [5, 5.41) is 8.55. The van der Waals surface area contributed by atoms with Crippen molar-refractivity contribution in [1.82, 2.24) is 30.4 Å². The van der Waals surface area contributed by atoms with Crippen LogP contribution in [-0.4, -0.2) is 88.1 Å². The second kappa shape index (κ2) is 15.2. The van der Waals surface area contributed by atoms with Gasteiger partial charge in [-0.2, -0.15) is 0 Å². The summed E-state index contributed by atoms with van der Waals surface area (Å²) in [6, 6.07) is 20.6. The molecule has 2 unspecified atom stereocenters. The molecule has 2 saturated heterocycles.